The number of pyridine rings is 1. The third-order valence-electron chi connectivity index (χ3n) is 2.71. The summed E-state index contributed by atoms with van der Waals surface area (Å²) in [5.74, 6) is -0.150. The lowest BCUT2D eigenvalue weighted by Gasteiger charge is -2.02. The van der Waals surface area contributed by atoms with Gasteiger partial charge in [-0.05, 0) is 31.5 Å². The molecule has 2 aromatic heterocycles. The fraction of sp³-hybridized carbons (Fsp3) is 0.333. The number of nitrogens with one attached hydrogen (secondary N) is 1. The van der Waals surface area contributed by atoms with Crippen LogP contribution in [0.15, 0.2) is 12.3 Å². The van der Waals surface area contributed by atoms with E-state index in [1.807, 2.05) is 13.0 Å². The molecule has 0 bridgehead atoms. The standard InChI is InChI=1S/C12H16N4OS/c1-7-3-6-16-12-8(7)9(14)10(18-12)11(17)15-5-2-4-13/h3,6H,2,4-5,13-14H2,1H3,(H,15,17). The molecule has 1 amide bonds. The lowest BCUT2D eigenvalue weighted by atomic mass is 10.2. The van der Waals surface area contributed by atoms with E-state index in [0.29, 0.717) is 23.7 Å². The van der Waals surface area contributed by atoms with E-state index in [-0.39, 0.29) is 5.91 Å². The van der Waals surface area contributed by atoms with Crippen LogP contribution in [-0.4, -0.2) is 24.0 Å². The van der Waals surface area contributed by atoms with Crippen molar-refractivity contribution in [2.75, 3.05) is 18.8 Å². The third kappa shape index (κ3) is 2.30. The Labute approximate surface area is 109 Å². The van der Waals surface area contributed by atoms with Gasteiger partial charge in [0.15, 0.2) is 0 Å². The lowest BCUT2D eigenvalue weighted by Crippen LogP contribution is -2.25. The van der Waals surface area contributed by atoms with Gasteiger partial charge in [0.1, 0.15) is 9.71 Å². The van der Waals surface area contributed by atoms with Crippen LogP contribution in [0.3, 0.4) is 0 Å². The number of hydrogen-bond acceptors (Lipinski definition) is 5. The molecular formula is C12H16N4OS. The van der Waals surface area contributed by atoms with Gasteiger partial charge in [0.25, 0.3) is 5.91 Å². The monoisotopic (exact) mass is 264 g/mol. The SMILES string of the molecule is Cc1ccnc2sc(C(=O)NCCCN)c(N)c12. The molecule has 5 N–H and O–H groups in total. The lowest BCUT2D eigenvalue weighted by molar-refractivity contribution is 0.0958. The van der Waals surface area contributed by atoms with Crippen LogP contribution in [-0.2, 0) is 0 Å². The van der Waals surface area contributed by atoms with E-state index in [9.17, 15) is 4.79 Å². The van der Waals surface area contributed by atoms with Crippen molar-refractivity contribution < 1.29 is 4.79 Å². The number of fused-ring (bicyclic) bond motifs is 1. The molecule has 0 saturated carbocycles. The minimum atomic E-state index is -0.150. The minimum absolute atomic E-state index is 0.150. The topological polar surface area (TPSA) is 94.0 Å². The van der Waals surface area contributed by atoms with E-state index in [1.165, 1.54) is 11.3 Å². The zero-order valence-corrected chi connectivity index (χ0v) is 11.0. The number of amides is 1. The summed E-state index contributed by atoms with van der Waals surface area (Å²) in [7, 11) is 0. The van der Waals surface area contributed by atoms with Gasteiger partial charge in [-0.25, -0.2) is 4.98 Å². The molecule has 2 heterocycles. The van der Waals surface area contributed by atoms with Gasteiger partial charge in [-0.1, -0.05) is 0 Å². The van der Waals surface area contributed by atoms with Crippen LogP contribution in [0.5, 0.6) is 0 Å². The summed E-state index contributed by atoms with van der Waals surface area (Å²) in [5, 5.41) is 3.69. The fourth-order valence-corrected chi connectivity index (χ4v) is 2.81. The number of nitrogens with zero attached hydrogens (tertiary/aromatic N) is 1. The molecule has 0 aliphatic carbocycles. The normalized spacial score (nSPS) is 10.8. The first-order chi connectivity index (χ1) is 8.65. The number of thiophene rings is 1. The number of anilines is 1. The van der Waals surface area contributed by atoms with Crippen molar-refractivity contribution in [2.24, 2.45) is 5.73 Å². The molecule has 0 aliphatic rings. The highest BCUT2D eigenvalue weighted by molar-refractivity contribution is 7.21. The maximum atomic E-state index is 12.0. The number of hydrogen-bond donors (Lipinski definition) is 3. The average molecular weight is 264 g/mol. The molecule has 0 fully saturated rings. The summed E-state index contributed by atoms with van der Waals surface area (Å²) in [4.78, 5) is 17.5. The van der Waals surface area contributed by atoms with E-state index in [1.54, 1.807) is 6.20 Å². The van der Waals surface area contributed by atoms with Gasteiger partial charge in [0, 0.05) is 18.1 Å². The molecule has 5 nitrogen and oxygen atoms in total. The van der Waals surface area contributed by atoms with Gasteiger partial charge in [0.2, 0.25) is 0 Å². The Morgan fingerprint density at radius 3 is 3.00 bits per heavy atom. The molecule has 2 aromatic rings. The summed E-state index contributed by atoms with van der Waals surface area (Å²) in [5.41, 5.74) is 13.0. The first kappa shape index (κ1) is 12.8. The van der Waals surface area contributed by atoms with Gasteiger partial charge in [-0.2, -0.15) is 0 Å². The van der Waals surface area contributed by atoms with Crippen LogP contribution >= 0.6 is 11.3 Å². The van der Waals surface area contributed by atoms with Crippen LogP contribution in [0.1, 0.15) is 21.7 Å². The molecule has 6 heteroatoms. The predicted molar refractivity (Wildman–Crippen MR) is 74.8 cm³/mol. The van der Waals surface area contributed by atoms with Gasteiger partial charge in [-0.3, -0.25) is 4.79 Å². The predicted octanol–water partition coefficient (Wildman–Crippen LogP) is 1.27. The van der Waals surface area contributed by atoms with Crippen LogP contribution in [0.4, 0.5) is 5.69 Å². The van der Waals surface area contributed by atoms with Crippen LogP contribution in [0, 0.1) is 6.92 Å². The van der Waals surface area contributed by atoms with Crippen molar-refractivity contribution >= 4 is 33.1 Å². The average Bonchev–Trinajstić information content (AvgIpc) is 2.68. The second-order valence-corrected chi connectivity index (χ2v) is 5.05. The van der Waals surface area contributed by atoms with E-state index >= 15 is 0 Å². The maximum absolute atomic E-state index is 12.0. The molecule has 96 valence electrons. The van der Waals surface area contributed by atoms with Gasteiger partial charge in [-0.15, -0.1) is 11.3 Å². The number of carbonyl (C=O) groups is 1. The molecular weight excluding hydrogens is 248 g/mol. The Hall–Kier alpha value is -1.66. The zero-order valence-electron chi connectivity index (χ0n) is 10.2. The van der Waals surface area contributed by atoms with Crippen molar-refractivity contribution in [3.8, 4) is 0 Å². The van der Waals surface area contributed by atoms with Crippen molar-refractivity contribution in [3.63, 3.8) is 0 Å². The molecule has 0 radical (unpaired) electrons. The third-order valence-corrected chi connectivity index (χ3v) is 3.82. The van der Waals surface area contributed by atoms with Gasteiger partial charge in [0.05, 0.1) is 5.69 Å². The zero-order chi connectivity index (χ0) is 13.1. The van der Waals surface area contributed by atoms with Gasteiger partial charge < -0.3 is 16.8 Å². The molecule has 18 heavy (non-hydrogen) atoms. The Balaban J connectivity index is 2.31. The highest BCUT2D eigenvalue weighted by atomic mass is 32.1. The van der Waals surface area contributed by atoms with Crippen molar-refractivity contribution in [1.82, 2.24) is 10.3 Å². The van der Waals surface area contributed by atoms with E-state index in [2.05, 4.69) is 10.3 Å². The van der Waals surface area contributed by atoms with E-state index < -0.39 is 0 Å². The van der Waals surface area contributed by atoms with Crippen molar-refractivity contribution in [2.45, 2.75) is 13.3 Å². The fourth-order valence-electron chi connectivity index (χ4n) is 1.76. The highest BCUT2D eigenvalue weighted by Gasteiger charge is 2.17. The van der Waals surface area contributed by atoms with Crippen LogP contribution in [0.25, 0.3) is 10.2 Å². The number of aryl methyl sites for hydroxylation is 1. The summed E-state index contributed by atoms with van der Waals surface area (Å²) >= 11 is 1.32. The molecule has 0 atom stereocenters. The van der Waals surface area contributed by atoms with Crippen LogP contribution in [0.2, 0.25) is 0 Å². The molecule has 0 aliphatic heterocycles. The molecule has 0 saturated heterocycles. The van der Waals surface area contributed by atoms with E-state index in [4.69, 9.17) is 11.5 Å². The van der Waals surface area contributed by atoms with Gasteiger partial charge >= 0.3 is 0 Å². The Kier molecular flexibility index (Phi) is 3.78. The Morgan fingerprint density at radius 1 is 1.56 bits per heavy atom. The minimum Gasteiger partial charge on any atom is -0.397 e. The first-order valence-corrected chi connectivity index (χ1v) is 6.58. The second kappa shape index (κ2) is 5.32. The number of rotatable bonds is 4. The maximum Gasteiger partial charge on any atom is 0.263 e. The summed E-state index contributed by atoms with van der Waals surface area (Å²) in [6.45, 7) is 3.08. The molecule has 2 rings (SSSR count). The number of carbonyl (C=O) groups excluding carboxylic acids is 1. The summed E-state index contributed by atoms with van der Waals surface area (Å²) in [6, 6.07) is 1.89. The summed E-state index contributed by atoms with van der Waals surface area (Å²) < 4.78 is 0. The largest absolute Gasteiger partial charge is 0.397 e. The number of aromatic nitrogens is 1. The van der Waals surface area contributed by atoms with E-state index in [0.717, 1.165) is 22.2 Å². The smallest absolute Gasteiger partial charge is 0.263 e. The van der Waals surface area contributed by atoms with Crippen molar-refractivity contribution in [1.29, 1.82) is 0 Å². The summed E-state index contributed by atoms with van der Waals surface area (Å²) in [6.07, 6.45) is 2.48. The first-order valence-electron chi connectivity index (χ1n) is 5.77. The molecule has 0 unspecified atom stereocenters. The Bertz CT molecular complexity index is 579. The quantitative estimate of drug-likeness (QED) is 0.725. The molecule has 0 spiro atoms. The van der Waals surface area contributed by atoms with Crippen molar-refractivity contribution in [3.05, 3.63) is 22.7 Å². The second-order valence-electron chi connectivity index (χ2n) is 4.05. The highest BCUT2D eigenvalue weighted by Crippen LogP contribution is 2.34. The number of nitrogen functional groups attached to an aromatic ring is 1. The number of nitrogens with two attached hydrogens (primary N) is 2. The van der Waals surface area contributed by atoms with Crippen LogP contribution < -0.4 is 16.8 Å². The molecule has 0 aromatic carbocycles. The Morgan fingerprint density at radius 2 is 2.33 bits per heavy atom.